The molecule has 1 heterocycles. The van der Waals surface area contributed by atoms with Gasteiger partial charge in [-0.25, -0.2) is 4.98 Å². The lowest BCUT2D eigenvalue weighted by Gasteiger charge is -2.17. The molecule has 5 nitrogen and oxygen atoms in total. The molecule has 0 fully saturated rings. The van der Waals surface area contributed by atoms with E-state index in [0.717, 1.165) is 6.07 Å². The van der Waals surface area contributed by atoms with Crippen LogP contribution in [0.5, 0.6) is 0 Å². The summed E-state index contributed by atoms with van der Waals surface area (Å²) in [6.07, 6.45) is -1.90. The van der Waals surface area contributed by atoms with Crippen LogP contribution < -0.4 is 10.2 Å². The van der Waals surface area contributed by atoms with Crippen molar-refractivity contribution in [3.8, 4) is 0 Å². The van der Waals surface area contributed by atoms with E-state index in [1.54, 1.807) is 29.6 Å². The van der Waals surface area contributed by atoms with Crippen LogP contribution in [0.4, 0.5) is 29.7 Å². The number of amides is 2. The van der Waals surface area contributed by atoms with Crippen molar-refractivity contribution in [2.45, 2.75) is 20.0 Å². The van der Waals surface area contributed by atoms with Gasteiger partial charge in [-0.05, 0) is 42.8 Å². The van der Waals surface area contributed by atoms with Crippen molar-refractivity contribution in [1.82, 2.24) is 4.98 Å². The zero-order valence-electron chi connectivity index (χ0n) is 16.6. The summed E-state index contributed by atoms with van der Waals surface area (Å²) in [7, 11) is 0. The third kappa shape index (κ3) is 5.58. The summed E-state index contributed by atoms with van der Waals surface area (Å²) in [6, 6.07) is 12.6. The van der Waals surface area contributed by atoms with E-state index in [1.165, 1.54) is 54.4 Å². The molecule has 0 radical (unpaired) electrons. The zero-order valence-corrected chi connectivity index (χ0v) is 17.4. The smallest absolute Gasteiger partial charge is 0.322 e. The lowest BCUT2D eigenvalue weighted by molar-refractivity contribution is -0.138. The van der Waals surface area contributed by atoms with Gasteiger partial charge in [-0.1, -0.05) is 24.3 Å². The molecule has 1 aromatic heterocycles. The lowest BCUT2D eigenvalue weighted by atomic mass is 10.1. The number of alkyl halides is 3. The molecule has 160 valence electrons. The monoisotopic (exact) mass is 445 g/mol. The Morgan fingerprint density at radius 2 is 1.84 bits per heavy atom. The van der Waals surface area contributed by atoms with Crippen LogP contribution in [-0.4, -0.2) is 16.8 Å². The van der Waals surface area contributed by atoms with Gasteiger partial charge in [0, 0.05) is 24.1 Å². The molecule has 1 N–H and O–H groups in total. The molecule has 2 amide bonds. The second-order valence-electron chi connectivity index (χ2n) is 6.59. The number of hydrogen-bond donors (Lipinski definition) is 1. The molecule has 0 spiro atoms. The minimum absolute atomic E-state index is 0.0402. The normalized spacial score (nSPS) is 11.5. The highest BCUT2D eigenvalue weighted by Crippen LogP contribution is 2.33. The van der Waals surface area contributed by atoms with Gasteiger partial charge >= 0.3 is 6.18 Å². The minimum Gasteiger partial charge on any atom is -0.322 e. The number of para-hydroxylation sites is 1. The maximum Gasteiger partial charge on any atom is 0.416 e. The Morgan fingerprint density at radius 1 is 1.13 bits per heavy atom. The van der Waals surface area contributed by atoms with Gasteiger partial charge in [-0.2, -0.15) is 13.2 Å². The number of anilines is 3. The van der Waals surface area contributed by atoms with Crippen molar-refractivity contribution in [1.29, 1.82) is 0 Å². The van der Waals surface area contributed by atoms with Crippen LogP contribution in [0.3, 0.4) is 0 Å². The number of aromatic nitrogens is 1. The predicted octanol–water partition coefficient (Wildman–Crippen LogP) is 5.81. The molecular weight excluding hydrogens is 427 g/mol. The molecule has 0 aliphatic rings. The van der Waals surface area contributed by atoms with Crippen LogP contribution in [0.1, 0.15) is 23.7 Å². The van der Waals surface area contributed by atoms with E-state index in [9.17, 15) is 22.8 Å². The van der Waals surface area contributed by atoms with E-state index in [4.69, 9.17) is 0 Å². The van der Waals surface area contributed by atoms with E-state index in [1.807, 2.05) is 6.07 Å². The minimum atomic E-state index is -4.50. The number of carbonyl (C=O) groups is 2. The van der Waals surface area contributed by atoms with Crippen molar-refractivity contribution in [3.05, 3.63) is 76.8 Å². The quantitative estimate of drug-likeness (QED) is 0.505. The summed E-state index contributed by atoms with van der Waals surface area (Å²) in [4.78, 5) is 30.0. The highest BCUT2D eigenvalue weighted by molar-refractivity contribution is 7.14. The highest BCUT2D eigenvalue weighted by atomic mass is 32.1. The molecule has 0 aliphatic heterocycles. The van der Waals surface area contributed by atoms with Crippen molar-refractivity contribution < 1.29 is 22.8 Å². The number of halogens is 3. The molecule has 2 aromatic carbocycles. The Hall–Kier alpha value is -3.46. The van der Waals surface area contributed by atoms with Crippen LogP contribution in [0.2, 0.25) is 0 Å². The third-order valence-electron chi connectivity index (χ3n) is 4.25. The van der Waals surface area contributed by atoms with Gasteiger partial charge in [0.05, 0.1) is 16.9 Å². The maximum atomic E-state index is 13.0. The molecule has 0 bridgehead atoms. The van der Waals surface area contributed by atoms with Crippen LogP contribution in [0, 0.1) is 6.92 Å². The summed E-state index contributed by atoms with van der Waals surface area (Å²) in [5.74, 6) is -0.813. The van der Waals surface area contributed by atoms with Crippen molar-refractivity contribution >= 4 is 45.7 Å². The number of nitrogens with zero attached hydrogens (tertiary/aromatic N) is 2. The molecule has 3 rings (SSSR count). The number of nitrogens with one attached hydrogen (secondary N) is 1. The molecule has 3 aromatic rings. The topological polar surface area (TPSA) is 62.3 Å². The molecule has 9 heteroatoms. The largest absolute Gasteiger partial charge is 0.416 e. The van der Waals surface area contributed by atoms with Gasteiger partial charge in [0.25, 0.3) is 0 Å². The number of rotatable bonds is 5. The Morgan fingerprint density at radius 3 is 2.48 bits per heavy atom. The second-order valence-corrected chi connectivity index (χ2v) is 7.43. The fourth-order valence-corrected chi connectivity index (χ4v) is 3.66. The Labute approximate surface area is 180 Å². The van der Waals surface area contributed by atoms with E-state index in [-0.39, 0.29) is 17.2 Å². The zero-order chi connectivity index (χ0) is 22.6. The van der Waals surface area contributed by atoms with Crippen molar-refractivity contribution in [3.63, 3.8) is 0 Å². The van der Waals surface area contributed by atoms with Crippen LogP contribution in [-0.2, 0) is 15.8 Å². The lowest BCUT2D eigenvalue weighted by Crippen LogP contribution is -2.22. The summed E-state index contributed by atoms with van der Waals surface area (Å²) in [6.45, 7) is 2.78. The molecular formula is C22H18F3N3O2S. The molecule has 0 atom stereocenters. The van der Waals surface area contributed by atoms with Gasteiger partial charge in [0.1, 0.15) is 0 Å². The van der Waals surface area contributed by atoms with Crippen LogP contribution >= 0.6 is 11.3 Å². The van der Waals surface area contributed by atoms with Gasteiger partial charge in [-0.3, -0.25) is 14.5 Å². The van der Waals surface area contributed by atoms with E-state index >= 15 is 0 Å². The standard InChI is InChI=1S/C22H18F3N3O2S/c1-14-8-9-16(12-19(14)22(23,24)25)26-20(30)11-10-17-13-31-21(27-17)28(15(2)29)18-6-4-3-5-7-18/h3-13H,1-2H3,(H,26,30)/b11-10+. The molecule has 0 saturated carbocycles. The van der Waals surface area contributed by atoms with E-state index in [0.29, 0.717) is 16.5 Å². The van der Waals surface area contributed by atoms with Gasteiger partial charge < -0.3 is 5.32 Å². The summed E-state index contributed by atoms with van der Waals surface area (Å²) < 4.78 is 39.1. The first kappa shape index (κ1) is 22.2. The molecule has 0 saturated heterocycles. The number of hydrogen-bond acceptors (Lipinski definition) is 4. The molecule has 31 heavy (non-hydrogen) atoms. The Bertz CT molecular complexity index is 1120. The number of carbonyl (C=O) groups excluding carboxylic acids is 2. The first-order valence-corrected chi connectivity index (χ1v) is 10.0. The number of thiazole rings is 1. The average molecular weight is 445 g/mol. The predicted molar refractivity (Wildman–Crippen MR) is 115 cm³/mol. The third-order valence-corrected chi connectivity index (χ3v) is 5.09. The van der Waals surface area contributed by atoms with Gasteiger partial charge in [0.15, 0.2) is 5.13 Å². The first-order chi connectivity index (χ1) is 14.6. The summed E-state index contributed by atoms with van der Waals surface area (Å²) in [5, 5.41) is 4.52. The SMILES string of the molecule is CC(=O)N(c1ccccc1)c1nc(/C=C/C(=O)Nc2ccc(C)c(C(F)(F)F)c2)cs1. The first-order valence-electron chi connectivity index (χ1n) is 9.13. The highest BCUT2D eigenvalue weighted by Gasteiger charge is 2.32. The fraction of sp³-hybridized carbons (Fsp3) is 0.136. The Kier molecular flexibility index (Phi) is 6.55. The van der Waals surface area contributed by atoms with E-state index < -0.39 is 17.6 Å². The van der Waals surface area contributed by atoms with Crippen LogP contribution in [0.15, 0.2) is 60.0 Å². The maximum absolute atomic E-state index is 13.0. The van der Waals surface area contributed by atoms with Gasteiger partial charge in [-0.15, -0.1) is 11.3 Å². The van der Waals surface area contributed by atoms with E-state index in [2.05, 4.69) is 10.3 Å². The summed E-state index contributed by atoms with van der Waals surface area (Å²) in [5.41, 5.74) is 0.418. The molecule has 0 aliphatic carbocycles. The number of aryl methyl sites for hydroxylation is 1. The fourth-order valence-electron chi connectivity index (χ4n) is 2.81. The summed E-state index contributed by atoms with van der Waals surface area (Å²) >= 11 is 1.23. The van der Waals surface area contributed by atoms with Crippen molar-refractivity contribution in [2.75, 3.05) is 10.2 Å². The number of benzene rings is 2. The second kappa shape index (κ2) is 9.13. The van der Waals surface area contributed by atoms with Crippen molar-refractivity contribution in [2.24, 2.45) is 0 Å². The van der Waals surface area contributed by atoms with Crippen LogP contribution in [0.25, 0.3) is 6.08 Å². The Balaban J connectivity index is 1.73. The molecule has 0 unspecified atom stereocenters. The van der Waals surface area contributed by atoms with Gasteiger partial charge in [0.2, 0.25) is 11.8 Å². The average Bonchev–Trinajstić information content (AvgIpc) is 3.16.